The zero-order chi connectivity index (χ0) is 44.0. The second kappa shape index (κ2) is 22.7. The fourth-order valence-electron chi connectivity index (χ4n) is 7.55. The number of benzene rings is 2. The largest absolute Gasteiger partial charge is 0.497 e. The van der Waals surface area contributed by atoms with Gasteiger partial charge in [-0.15, -0.1) is 22.7 Å². The van der Waals surface area contributed by atoms with Crippen molar-refractivity contribution in [2.75, 3.05) is 44.9 Å². The number of amides is 1. The molecule has 0 saturated heterocycles. The number of nitrogens with zero attached hydrogens (tertiary/aromatic N) is 5. The van der Waals surface area contributed by atoms with E-state index in [0.29, 0.717) is 36.7 Å². The van der Waals surface area contributed by atoms with E-state index < -0.39 is 5.91 Å². The summed E-state index contributed by atoms with van der Waals surface area (Å²) in [5, 5.41) is 13.5. The Labute approximate surface area is 371 Å². The van der Waals surface area contributed by atoms with Gasteiger partial charge in [0.2, 0.25) is 0 Å². The number of aromatic nitrogens is 5. The van der Waals surface area contributed by atoms with E-state index in [1.807, 2.05) is 68.1 Å². The number of aryl methyl sites for hydroxylation is 4. The van der Waals surface area contributed by atoms with E-state index in [1.54, 1.807) is 13.3 Å². The van der Waals surface area contributed by atoms with Crippen molar-refractivity contribution in [3.05, 3.63) is 103 Å². The summed E-state index contributed by atoms with van der Waals surface area (Å²) in [6, 6.07) is 17.8. The SMILES string of the molecule is CCCCCCNC.COc1cccc(Cn2ncc3c4sc(COCCCCNc5c(C(N)=O)sc6nc(C)ccc56)nc4n(C)c3c2=O)c1.Nc1ccc2c(c1)CCCC2. The molecule has 0 atom stereocenters. The van der Waals surface area contributed by atoms with Crippen LogP contribution in [0.4, 0.5) is 11.4 Å². The van der Waals surface area contributed by atoms with Crippen molar-refractivity contribution in [2.45, 2.75) is 91.2 Å². The lowest BCUT2D eigenvalue weighted by Crippen LogP contribution is -2.24. The maximum Gasteiger partial charge on any atom is 0.291 e. The van der Waals surface area contributed by atoms with Crippen LogP contribution < -0.4 is 32.4 Å². The Balaban J connectivity index is 0.000000277. The van der Waals surface area contributed by atoms with Crippen LogP contribution in [0, 0.1) is 6.92 Å². The van der Waals surface area contributed by atoms with Crippen LogP contribution in [0.15, 0.2) is 65.6 Å². The summed E-state index contributed by atoms with van der Waals surface area (Å²) in [5.74, 6) is 0.282. The molecule has 5 heterocycles. The lowest BCUT2D eigenvalue weighted by molar-refractivity contribution is 0.100. The van der Waals surface area contributed by atoms with E-state index in [4.69, 9.17) is 25.9 Å². The van der Waals surface area contributed by atoms with Gasteiger partial charge in [-0.1, -0.05) is 44.4 Å². The molecule has 1 amide bonds. The number of unbranched alkanes of at least 4 members (excludes halogenated alkanes) is 4. The van der Waals surface area contributed by atoms with Gasteiger partial charge in [0.15, 0.2) is 5.65 Å². The van der Waals surface area contributed by atoms with Crippen LogP contribution >= 0.6 is 22.7 Å². The van der Waals surface area contributed by atoms with Crippen LogP contribution in [0.2, 0.25) is 0 Å². The van der Waals surface area contributed by atoms with Crippen molar-refractivity contribution >= 4 is 71.4 Å². The Morgan fingerprint density at radius 3 is 2.52 bits per heavy atom. The summed E-state index contributed by atoms with van der Waals surface area (Å²) < 4.78 is 15.5. The third kappa shape index (κ3) is 11.8. The molecule has 62 heavy (non-hydrogen) atoms. The molecule has 7 aromatic rings. The first-order chi connectivity index (χ1) is 30.1. The minimum absolute atomic E-state index is 0.163. The monoisotopic (exact) mass is 879 g/mol. The molecule has 0 radical (unpaired) electrons. The van der Waals surface area contributed by atoms with Crippen molar-refractivity contribution in [1.29, 1.82) is 0 Å². The molecular formula is C47H61N9O4S2. The van der Waals surface area contributed by atoms with Gasteiger partial charge in [0.25, 0.3) is 11.5 Å². The highest BCUT2D eigenvalue weighted by molar-refractivity contribution is 7.21. The highest BCUT2D eigenvalue weighted by Crippen LogP contribution is 2.35. The number of primary amides is 1. The molecule has 13 nitrogen and oxygen atoms in total. The van der Waals surface area contributed by atoms with Crippen molar-refractivity contribution < 1.29 is 14.3 Å². The predicted octanol–water partition coefficient (Wildman–Crippen LogP) is 8.76. The summed E-state index contributed by atoms with van der Waals surface area (Å²) in [5.41, 5.74) is 18.9. The number of carbonyl (C=O) groups excluding carboxylic acids is 1. The molecule has 5 aromatic heterocycles. The summed E-state index contributed by atoms with van der Waals surface area (Å²) in [7, 11) is 5.48. The van der Waals surface area contributed by atoms with Gasteiger partial charge >= 0.3 is 0 Å². The Hall–Kier alpha value is -5.35. The molecule has 0 aliphatic heterocycles. The minimum Gasteiger partial charge on any atom is -0.497 e. The normalized spacial score (nSPS) is 12.1. The molecule has 0 bridgehead atoms. The van der Waals surface area contributed by atoms with Gasteiger partial charge in [-0.2, -0.15) is 5.10 Å². The number of methoxy groups -OCH3 is 1. The van der Waals surface area contributed by atoms with Gasteiger partial charge in [-0.3, -0.25) is 9.59 Å². The molecule has 0 spiro atoms. The number of nitrogen functional groups attached to an aromatic ring is 1. The number of hydrogen-bond donors (Lipinski definition) is 4. The van der Waals surface area contributed by atoms with Gasteiger partial charge in [0, 0.05) is 42.4 Å². The molecule has 0 unspecified atom stereocenters. The van der Waals surface area contributed by atoms with Gasteiger partial charge in [0.05, 0.1) is 36.8 Å². The third-order valence-corrected chi connectivity index (χ3v) is 13.0. The number of ether oxygens (including phenoxy) is 2. The first-order valence-electron chi connectivity index (χ1n) is 21.6. The van der Waals surface area contributed by atoms with Crippen molar-refractivity contribution in [1.82, 2.24) is 29.6 Å². The number of thiophene rings is 1. The van der Waals surface area contributed by atoms with Crippen LogP contribution in [-0.2, 0) is 37.8 Å². The van der Waals surface area contributed by atoms with E-state index in [-0.39, 0.29) is 5.56 Å². The van der Waals surface area contributed by atoms with Crippen molar-refractivity contribution in [3.8, 4) is 5.75 Å². The molecule has 6 N–H and O–H groups in total. The highest BCUT2D eigenvalue weighted by Gasteiger charge is 2.19. The molecule has 1 aliphatic rings. The van der Waals surface area contributed by atoms with E-state index >= 15 is 0 Å². The predicted molar refractivity (Wildman–Crippen MR) is 256 cm³/mol. The quantitative estimate of drug-likeness (QED) is 0.0511. The fraction of sp³-hybridized carbons (Fsp3) is 0.426. The van der Waals surface area contributed by atoms with Crippen molar-refractivity contribution in [2.24, 2.45) is 12.8 Å². The van der Waals surface area contributed by atoms with Crippen LogP contribution in [0.5, 0.6) is 5.75 Å². The average molecular weight is 880 g/mol. The average Bonchev–Trinajstić information content (AvgIpc) is 3.94. The number of anilines is 2. The molecular weight excluding hydrogens is 819 g/mol. The standard InChI is InChI=1S/C30H31N7O4S2.C10H13N.C7H17N/c1-17-9-10-20-23(26(27(31)38)43-29(20)34-17)32-11-4-5-12-41-16-22-35-28-25(42-22)21-14-33-37(30(39)24(21)36(28)2)15-18-7-6-8-19(13-18)40-3;11-10-6-5-8-3-1-2-4-9(8)7-10;1-3-4-5-6-7-8-2/h6-10,13-14,32H,4-5,11-12,15-16H2,1-3H3,(H2,31,38);5-7H,1-4,11H2;8H,3-7H2,1-2H3. The molecule has 0 saturated carbocycles. The van der Waals surface area contributed by atoms with Gasteiger partial charge < -0.3 is 36.1 Å². The molecule has 8 rings (SSSR count). The van der Waals surface area contributed by atoms with Gasteiger partial charge in [-0.25, -0.2) is 14.6 Å². The minimum atomic E-state index is -0.454. The number of thiazole rings is 1. The van der Waals surface area contributed by atoms with Gasteiger partial charge in [-0.05, 0) is 119 Å². The molecule has 2 aromatic carbocycles. The maximum absolute atomic E-state index is 13.3. The Morgan fingerprint density at radius 1 is 0.935 bits per heavy atom. The van der Waals surface area contributed by atoms with Crippen LogP contribution in [0.1, 0.15) is 95.4 Å². The Morgan fingerprint density at radius 2 is 1.74 bits per heavy atom. The highest BCUT2D eigenvalue weighted by atomic mass is 32.1. The molecule has 1 aliphatic carbocycles. The van der Waals surface area contributed by atoms with E-state index in [9.17, 15) is 9.59 Å². The number of pyridine rings is 1. The fourth-order valence-corrected chi connectivity index (χ4v) is 9.65. The zero-order valence-corrected chi connectivity index (χ0v) is 38.4. The number of nitrogens with two attached hydrogens (primary N) is 2. The second-order valence-electron chi connectivity index (χ2n) is 15.6. The van der Waals surface area contributed by atoms with Gasteiger partial charge in [0.1, 0.15) is 26.0 Å². The van der Waals surface area contributed by atoms with Crippen LogP contribution in [0.25, 0.3) is 31.5 Å². The number of hydrogen-bond acceptors (Lipinski definition) is 12. The van der Waals surface area contributed by atoms with Crippen LogP contribution in [0.3, 0.4) is 0 Å². The summed E-state index contributed by atoms with van der Waals surface area (Å²) in [6.07, 6.45) is 14.0. The number of fused-ring (bicyclic) bond motifs is 5. The molecule has 0 fully saturated rings. The lowest BCUT2D eigenvalue weighted by Gasteiger charge is -2.15. The first-order valence-corrected chi connectivity index (χ1v) is 23.2. The smallest absolute Gasteiger partial charge is 0.291 e. The van der Waals surface area contributed by atoms with E-state index in [1.165, 1.54) is 96.4 Å². The molecule has 15 heteroatoms. The summed E-state index contributed by atoms with van der Waals surface area (Å²) in [6.45, 7) is 7.33. The Kier molecular flexibility index (Phi) is 16.9. The number of nitrogens with one attached hydrogen (secondary N) is 2. The molecule has 330 valence electrons. The number of carbonyl (C=O) groups is 1. The Bertz CT molecular complexity index is 2620. The van der Waals surface area contributed by atoms with E-state index in [2.05, 4.69) is 39.8 Å². The zero-order valence-electron chi connectivity index (χ0n) is 36.7. The van der Waals surface area contributed by atoms with E-state index in [0.717, 1.165) is 72.2 Å². The first kappa shape index (κ1) is 46.2. The topological polar surface area (TPSA) is 177 Å². The maximum atomic E-state index is 13.3. The van der Waals surface area contributed by atoms with Crippen LogP contribution in [-0.4, -0.2) is 64.1 Å². The lowest BCUT2D eigenvalue weighted by atomic mass is 9.91. The number of rotatable bonds is 17. The van der Waals surface area contributed by atoms with Crippen molar-refractivity contribution in [3.63, 3.8) is 0 Å². The second-order valence-corrected chi connectivity index (χ2v) is 17.7. The summed E-state index contributed by atoms with van der Waals surface area (Å²) >= 11 is 2.84. The summed E-state index contributed by atoms with van der Waals surface area (Å²) in [4.78, 5) is 35.9. The third-order valence-electron chi connectivity index (χ3n) is 10.9.